The summed E-state index contributed by atoms with van der Waals surface area (Å²) in [5.74, 6) is -1.28. The Balaban J connectivity index is 2.21. The number of amides is 1. The summed E-state index contributed by atoms with van der Waals surface area (Å²) < 4.78 is 19.3. The van der Waals surface area contributed by atoms with Gasteiger partial charge in [-0.2, -0.15) is 0 Å². The predicted octanol–water partition coefficient (Wildman–Crippen LogP) is 3.66. The summed E-state index contributed by atoms with van der Waals surface area (Å²) >= 11 is 0. The van der Waals surface area contributed by atoms with Crippen molar-refractivity contribution in [2.75, 3.05) is 13.1 Å². The number of carboxylic acids is 1. The Morgan fingerprint density at radius 2 is 1.92 bits per heavy atom. The molecule has 128 valence electrons. The highest BCUT2D eigenvalue weighted by molar-refractivity contribution is 5.92. The Bertz CT molecular complexity index is 723. The molecule has 0 bridgehead atoms. The van der Waals surface area contributed by atoms with Crippen LogP contribution < -0.4 is 0 Å². The predicted molar refractivity (Wildman–Crippen MR) is 87.1 cm³/mol. The molecule has 1 aromatic heterocycles. The van der Waals surface area contributed by atoms with Crippen LogP contribution in [0.5, 0.6) is 0 Å². The molecule has 0 unspecified atom stereocenters. The van der Waals surface area contributed by atoms with Crippen LogP contribution in [0.4, 0.5) is 4.39 Å². The van der Waals surface area contributed by atoms with Gasteiger partial charge in [-0.3, -0.25) is 9.59 Å². The highest BCUT2D eigenvalue weighted by atomic mass is 19.1. The lowest BCUT2D eigenvalue weighted by atomic mass is 10.1. The monoisotopic (exact) mass is 333 g/mol. The number of nitrogens with zero attached hydrogens (tertiary/aromatic N) is 1. The number of aliphatic carboxylic acids is 1. The molecule has 0 aliphatic carbocycles. The molecule has 0 aliphatic heterocycles. The van der Waals surface area contributed by atoms with Gasteiger partial charge in [-0.15, -0.1) is 0 Å². The first-order chi connectivity index (χ1) is 11.4. The molecular formula is C18H20FNO4. The number of carboxylic acid groups (broad SMARTS) is 1. The van der Waals surface area contributed by atoms with Gasteiger partial charge in [-0.05, 0) is 30.2 Å². The van der Waals surface area contributed by atoms with E-state index in [-0.39, 0.29) is 36.0 Å². The number of hydrogen-bond acceptors (Lipinski definition) is 3. The van der Waals surface area contributed by atoms with Crippen molar-refractivity contribution in [1.82, 2.24) is 4.90 Å². The van der Waals surface area contributed by atoms with Gasteiger partial charge in [0.1, 0.15) is 11.6 Å². The van der Waals surface area contributed by atoms with Crippen LogP contribution in [0, 0.1) is 11.7 Å². The number of halogens is 1. The second kappa shape index (κ2) is 7.77. The molecule has 24 heavy (non-hydrogen) atoms. The van der Waals surface area contributed by atoms with E-state index in [0.29, 0.717) is 6.54 Å². The van der Waals surface area contributed by atoms with Crippen LogP contribution in [0.2, 0.25) is 0 Å². The molecule has 0 spiro atoms. The van der Waals surface area contributed by atoms with Crippen molar-refractivity contribution < 1.29 is 23.5 Å². The van der Waals surface area contributed by atoms with Crippen LogP contribution in [0.1, 0.15) is 30.8 Å². The Morgan fingerprint density at radius 3 is 2.54 bits per heavy atom. The lowest BCUT2D eigenvalue weighted by Crippen LogP contribution is -2.35. The minimum Gasteiger partial charge on any atom is -0.481 e. The van der Waals surface area contributed by atoms with E-state index in [1.54, 1.807) is 18.2 Å². The fraction of sp³-hybridized carbons (Fsp3) is 0.333. The van der Waals surface area contributed by atoms with Crippen molar-refractivity contribution in [2.45, 2.75) is 20.3 Å². The third kappa shape index (κ3) is 4.44. The summed E-state index contributed by atoms with van der Waals surface area (Å²) in [4.78, 5) is 24.8. The second-order valence-electron chi connectivity index (χ2n) is 5.93. The molecule has 1 N–H and O–H groups in total. The van der Waals surface area contributed by atoms with E-state index in [1.165, 1.54) is 23.1 Å². The van der Waals surface area contributed by atoms with Crippen molar-refractivity contribution in [3.8, 4) is 11.3 Å². The van der Waals surface area contributed by atoms with Crippen LogP contribution >= 0.6 is 0 Å². The first-order valence-electron chi connectivity index (χ1n) is 7.74. The van der Waals surface area contributed by atoms with Gasteiger partial charge in [0.15, 0.2) is 5.76 Å². The third-order valence-electron chi connectivity index (χ3n) is 3.42. The zero-order chi connectivity index (χ0) is 17.7. The average Bonchev–Trinajstić information content (AvgIpc) is 3.00. The van der Waals surface area contributed by atoms with Gasteiger partial charge in [0.2, 0.25) is 0 Å². The molecule has 0 atom stereocenters. The number of hydrogen-bond donors (Lipinski definition) is 1. The Hall–Kier alpha value is -2.63. The Kier molecular flexibility index (Phi) is 5.73. The van der Waals surface area contributed by atoms with E-state index in [4.69, 9.17) is 9.52 Å². The smallest absolute Gasteiger partial charge is 0.305 e. The van der Waals surface area contributed by atoms with E-state index in [2.05, 4.69) is 0 Å². The number of carbonyl (C=O) groups excluding carboxylic acids is 1. The van der Waals surface area contributed by atoms with Gasteiger partial charge >= 0.3 is 5.97 Å². The molecule has 2 rings (SSSR count). The summed E-state index contributed by atoms with van der Waals surface area (Å²) in [5.41, 5.74) is 0.275. The molecule has 2 aromatic rings. The quantitative estimate of drug-likeness (QED) is 0.839. The molecule has 1 amide bonds. The molecule has 1 aromatic carbocycles. The van der Waals surface area contributed by atoms with Gasteiger partial charge in [0.25, 0.3) is 5.91 Å². The van der Waals surface area contributed by atoms with Crippen LogP contribution in [-0.2, 0) is 4.79 Å². The first-order valence-corrected chi connectivity index (χ1v) is 7.74. The standard InChI is InChI=1S/C18H20FNO4/c1-12(2)11-20(10-9-17(21)22)18(23)16-8-7-15(24-16)13-5-3-4-6-14(13)19/h3-8,12H,9-11H2,1-2H3,(H,21,22). The number of rotatable bonds is 7. The van der Waals surface area contributed by atoms with Gasteiger partial charge in [-0.25, -0.2) is 4.39 Å². The van der Waals surface area contributed by atoms with E-state index in [1.807, 2.05) is 13.8 Å². The number of benzene rings is 1. The maximum atomic E-state index is 13.8. The largest absolute Gasteiger partial charge is 0.481 e. The van der Waals surface area contributed by atoms with Crippen LogP contribution in [0.3, 0.4) is 0 Å². The van der Waals surface area contributed by atoms with E-state index < -0.39 is 17.7 Å². The number of furan rings is 1. The lowest BCUT2D eigenvalue weighted by molar-refractivity contribution is -0.137. The molecule has 6 heteroatoms. The lowest BCUT2D eigenvalue weighted by Gasteiger charge is -2.22. The molecule has 0 saturated carbocycles. The molecule has 5 nitrogen and oxygen atoms in total. The van der Waals surface area contributed by atoms with Crippen molar-refractivity contribution in [1.29, 1.82) is 0 Å². The summed E-state index contributed by atoms with van der Waals surface area (Å²) in [7, 11) is 0. The Labute approximate surface area is 139 Å². The van der Waals surface area contributed by atoms with Gasteiger partial charge in [-0.1, -0.05) is 26.0 Å². The minimum absolute atomic E-state index is 0.0688. The van der Waals surface area contributed by atoms with Crippen LogP contribution in [-0.4, -0.2) is 35.0 Å². The van der Waals surface area contributed by atoms with Crippen LogP contribution in [0.15, 0.2) is 40.8 Å². The molecule has 0 aliphatic rings. The van der Waals surface area contributed by atoms with E-state index in [0.717, 1.165) is 0 Å². The molecule has 0 saturated heterocycles. The summed E-state index contributed by atoms with van der Waals surface area (Å²) in [6, 6.07) is 9.16. The van der Waals surface area contributed by atoms with Crippen molar-refractivity contribution >= 4 is 11.9 Å². The molecule has 1 heterocycles. The van der Waals surface area contributed by atoms with Crippen molar-refractivity contribution in [2.24, 2.45) is 5.92 Å². The topological polar surface area (TPSA) is 70.8 Å². The summed E-state index contributed by atoms with van der Waals surface area (Å²) in [6.07, 6.45) is -0.140. The van der Waals surface area contributed by atoms with E-state index >= 15 is 0 Å². The molecule has 0 radical (unpaired) electrons. The maximum absolute atomic E-state index is 13.8. The zero-order valence-corrected chi connectivity index (χ0v) is 13.7. The fourth-order valence-electron chi connectivity index (χ4n) is 2.36. The van der Waals surface area contributed by atoms with Gasteiger partial charge in [0.05, 0.1) is 12.0 Å². The Morgan fingerprint density at radius 1 is 1.21 bits per heavy atom. The van der Waals surface area contributed by atoms with Crippen molar-refractivity contribution in [3.63, 3.8) is 0 Å². The van der Waals surface area contributed by atoms with Crippen molar-refractivity contribution in [3.05, 3.63) is 48.0 Å². The van der Waals surface area contributed by atoms with E-state index in [9.17, 15) is 14.0 Å². The SMILES string of the molecule is CC(C)CN(CCC(=O)O)C(=O)c1ccc(-c2ccccc2F)o1. The highest BCUT2D eigenvalue weighted by Crippen LogP contribution is 2.25. The fourth-order valence-corrected chi connectivity index (χ4v) is 2.36. The molecule has 0 fully saturated rings. The summed E-state index contributed by atoms with van der Waals surface area (Å²) in [5, 5.41) is 8.83. The molecular weight excluding hydrogens is 313 g/mol. The van der Waals surface area contributed by atoms with Gasteiger partial charge < -0.3 is 14.4 Å². The number of carbonyl (C=O) groups is 2. The van der Waals surface area contributed by atoms with Crippen LogP contribution in [0.25, 0.3) is 11.3 Å². The normalized spacial score (nSPS) is 10.8. The average molecular weight is 333 g/mol. The first kappa shape index (κ1) is 17.7. The zero-order valence-electron chi connectivity index (χ0n) is 13.7. The maximum Gasteiger partial charge on any atom is 0.305 e. The minimum atomic E-state index is -0.969. The summed E-state index contributed by atoms with van der Waals surface area (Å²) in [6.45, 7) is 4.39. The second-order valence-corrected chi connectivity index (χ2v) is 5.93. The third-order valence-corrected chi connectivity index (χ3v) is 3.42. The van der Waals surface area contributed by atoms with Gasteiger partial charge in [0, 0.05) is 13.1 Å². The highest BCUT2D eigenvalue weighted by Gasteiger charge is 2.21.